The average molecular weight is 514 g/mol. The van der Waals surface area contributed by atoms with Gasteiger partial charge in [0.25, 0.3) is 0 Å². The maximum atomic E-state index is 11.9. The molecule has 0 amide bonds. The molecule has 0 aromatic carbocycles. The summed E-state index contributed by atoms with van der Waals surface area (Å²) >= 11 is 0. The molecule has 2 atom stereocenters. The van der Waals surface area contributed by atoms with Crippen LogP contribution >= 0.6 is 0 Å². The Hall–Kier alpha value is -5.28. The number of hydrogen-bond donors (Lipinski definition) is 4. The molecule has 0 aromatic heterocycles. The van der Waals surface area contributed by atoms with E-state index >= 15 is 0 Å². The summed E-state index contributed by atoms with van der Waals surface area (Å²) in [4.78, 5) is 89.3. The highest BCUT2D eigenvalue weighted by Crippen LogP contribution is 2.10. The summed E-state index contributed by atoms with van der Waals surface area (Å²) in [5.41, 5.74) is 0. The van der Waals surface area contributed by atoms with Crippen molar-refractivity contribution in [1.82, 2.24) is 0 Å². The first-order valence-corrected chi connectivity index (χ1v) is 9.19. The third-order valence-electron chi connectivity index (χ3n) is 3.18. The Bertz CT molecular complexity index is 919. The Kier molecular flexibility index (Phi) is 14.0. The molecule has 36 heavy (non-hydrogen) atoms. The van der Waals surface area contributed by atoms with Crippen LogP contribution in [0.3, 0.4) is 0 Å². The predicted octanol–water partition coefficient (Wildman–Crippen LogP) is -1.54. The predicted molar refractivity (Wildman–Crippen MR) is 109 cm³/mol. The normalized spacial score (nSPS) is 12.8. The molecule has 0 saturated carbocycles. The van der Waals surface area contributed by atoms with Crippen molar-refractivity contribution in [2.45, 2.75) is 12.2 Å². The first kappa shape index (κ1) is 30.7. The fraction of sp³-hybridized carbons (Fsp3) is 0.200. The van der Waals surface area contributed by atoms with Gasteiger partial charge in [-0.15, -0.1) is 0 Å². The number of esters is 4. The van der Waals surface area contributed by atoms with Crippen LogP contribution in [0.15, 0.2) is 48.6 Å². The second kappa shape index (κ2) is 16.4. The van der Waals surface area contributed by atoms with Crippen LogP contribution in [-0.4, -0.2) is 93.6 Å². The standard InChI is InChI=1S/C20H18O16/c21-13(22)1-5-17(29)33-9-11(35-19(31)7-3-15(25)26)12(36-20(32)8-4-16(27)28)10-34-18(30)6-2-14(23)24/h1-8,11-12H,9-10H2,(H,21,22)(H,23,24)(H,25,26)(H,27,28)/t11-,12+. The molecule has 0 rings (SSSR count). The number of carboxylic acid groups (broad SMARTS) is 4. The summed E-state index contributed by atoms with van der Waals surface area (Å²) in [6.07, 6.45) is -0.306. The minimum atomic E-state index is -1.82. The minimum Gasteiger partial charge on any atom is -0.478 e. The van der Waals surface area contributed by atoms with Crippen molar-refractivity contribution in [2.24, 2.45) is 0 Å². The zero-order valence-electron chi connectivity index (χ0n) is 17.9. The van der Waals surface area contributed by atoms with E-state index in [-0.39, 0.29) is 0 Å². The van der Waals surface area contributed by atoms with Gasteiger partial charge in [0.2, 0.25) is 0 Å². The van der Waals surface area contributed by atoms with Crippen LogP contribution in [-0.2, 0) is 57.3 Å². The van der Waals surface area contributed by atoms with E-state index in [2.05, 4.69) is 9.47 Å². The molecule has 4 N–H and O–H groups in total. The van der Waals surface area contributed by atoms with E-state index in [0.29, 0.717) is 48.6 Å². The van der Waals surface area contributed by atoms with E-state index in [1.54, 1.807) is 0 Å². The van der Waals surface area contributed by atoms with Gasteiger partial charge in [-0.25, -0.2) is 38.4 Å². The molecule has 0 fully saturated rings. The molecule has 0 aliphatic heterocycles. The summed E-state index contributed by atoms with van der Waals surface area (Å²) in [7, 11) is 0. The third kappa shape index (κ3) is 16.4. The number of hydrogen-bond acceptors (Lipinski definition) is 12. The summed E-state index contributed by atoms with van der Waals surface area (Å²) in [6.45, 7) is -1.92. The molecule has 0 bridgehead atoms. The fourth-order valence-electron chi connectivity index (χ4n) is 1.79. The van der Waals surface area contributed by atoms with Gasteiger partial charge in [-0.1, -0.05) is 0 Å². The summed E-state index contributed by atoms with van der Waals surface area (Å²) in [6, 6.07) is 0. The fourth-order valence-corrected chi connectivity index (χ4v) is 1.79. The molecule has 16 heteroatoms. The van der Waals surface area contributed by atoms with Gasteiger partial charge in [0, 0.05) is 48.6 Å². The second-order valence-corrected chi connectivity index (χ2v) is 5.90. The molecule has 0 unspecified atom stereocenters. The topological polar surface area (TPSA) is 254 Å². The van der Waals surface area contributed by atoms with Crippen LogP contribution < -0.4 is 0 Å². The van der Waals surface area contributed by atoms with Gasteiger partial charge in [0.1, 0.15) is 13.2 Å². The lowest BCUT2D eigenvalue weighted by molar-refractivity contribution is -0.176. The van der Waals surface area contributed by atoms with Gasteiger partial charge in [-0.3, -0.25) is 0 Å². The van der Waals surface area contributed by atoms with Crippen molar-refractivity contribution in [2.75, 3.05) is 13.2 Å². The highest BCUT2D eigenvalue weighted by molar-refractivity contribution is 5.92. The zero-order valence-corrected chi connectivity index (χ0v) is 17.9. The first-order chi connectivity index (χ1) is 16.8. The second-order valence-electron chi connectivity index (χ2n) is 5.90. The summed E-state index contributed by atoms with van der Waals surface area (Å²) < 4.78 is 19.1. The summed E-state index contributed by atoms with van der Waals surface area (Å²) in [5, 5.41) is 34.2. The van der Waals surface area contributed by atoms with Gasteiger partial charge < -0.3 is 39.4 Å². The van der Waals surface area contributed by atoms with Gasteiger partial charge >= 0.3 is 47.8 Å². The highest BCUT2D eigenvalue weighted by Gasteiger charge is 2.31. The largest absolute Gasteiger partial charge is 0.478 e. The Balaban J connectivity index is 5.88. The molecule has 16 nitrogen and oxygen atoms in total. The number of rotatable bonds is 15. The van der Waals surface area contributed by atoms with E-state index in [4.69, 9.17) is 29.9 Å². The molecule has 0 heterocycles. The molecular formula is C20H18O16. The quantitative estimate of drug-likeness (QED) is 0.110. The lowest BCUT2D eigenvalue weighted by Gasteiger charge is -2.25. The number of carbonyl (C=O) groups excluding carboxylic acids is 4. The smallest absolute Gasteiger partial charge is 0.331 e. The van der Waals surface area contributed by atoms with Crippen molar-refractivity contribution in [3.63, 3.8) is 0 Å². The molecule has 0 aromatic rings. The lowest BCUT2D eigenvalue weighted by Crippen LogP contribution is -2.42. The molecule has 0 saturated heterocycles. The maximum absolute atomic E-state index is 11.9. The van der Waals surface area contributed by atoms with E-state index in [1.165, 1.54) is 0 Å². The Morgan fingerprint density at radius 1 is 0.444 bits per heavy atom. The minimum absolute atomic E-state index is 0.369. The number of aliphatic carboxylic acids is 4. The Morgan fingerprint density at radius 2 is 0.694 bits per heavy atom. The van der Waals surface area contributed by atoms with Crippen LogP contribution in [0, 0.1) is 0 Å². The van der Waals surface area contributed by atoms with Crippen LogP contribution in [0.1, 0.15) is 0 Å². The van der Waals surface area contributed by atoms with Gasteiger partial charge in [0.05, 0.1) is 0 Å². The van der Waals surface area contributed by atoms with Crippen LogP contribution in [0.5, 0.6) is 0 Å². The maximum Gasteiger partial charge on any atom is 0.331 e. The lowest BCUT2D eigenvalue weighted by atomic mass is 10.2. The van der Waals surface area contributed by atoms with Crippen molar-refractivity contribution in [1.29, 1.82) is 0 Å². The van der Waals surface area contributed by atoms with Gasteiger partial charge in [-0.2, -0.15) is 0 Å². The monoisotopic (exact) mass is 514 g/mol. The molecule has 194 valence electrons. The van der Waals surface area contributed by atoms with E-state index in [0.717, 1.165) is 0 Å². The van der Waals surface area contributed by atoms with E-state index in [9.17, 15) is 38.4 Å². The van der Waals surface area contributed by atoms with Crippen LogP contribution in [0.2, 0.25) is 0 Å². The third-order valence-corrected chi connectivity index (χ3v) is 3.18. The van der Waals surface area contributed by atoms with E-state index in [1.807, 2.05) is 0 Å². The van der Waals surface area contributed by atoms with Crippen LogP contribution in [0.4, 0.5) is 0 Å². The number of carbonyl (C=O) groups is 8. The van der Waals surface area contributed by atoms with Crippen molar-refractivity contribution in [3.8, 4) is 0 Å². The molecule has 0 aliphatic rings. The van der Waals surface area contributed by atoms with Gasteiger partial charge in [0.15, 0.2) is 12.2 Å². The zero-order chi connectivity index (χ0) is 27.7. The van der Waals surface area contributed by atoms with Crippen molar-refractivity contribution < 1.29 is 77.7 Å². The van der Waals surface area contributed by atoms with E-state index < -0.39 is 73.2 Å². The Morgan fingerprint density at radius 3 is 0.944 bits per heavy atom. The van der Waals surface area contributed by atoms with Crippen LogP contribution in [0.25, 0.3) is 0 Å². The average Bonchev–Trinajstić information content (AvgIpc) is 2.78. The SMILES string of the molecule is O=C(O)C=CC(=O)OC[C@H](OC(=O)C=CC(=O)O)[C@@H](COC(=O)C=CC(=O)O)OC(=O)C=CC(=O)O. The molecule has 0 radical (unpaired) electrons. The number of carboxylic acids is 4. The number of ether oxygens (including phenoxy) is 4. The van der Waals surface area contributed by atoms with Gasteiger partial charge in [-0.05, 0) is 0 Å². The highest BCUT2D eigenvalue weighted by atomic mass is 16.6. The summed E-state index contributed by atoms with van der Waals surface area (Å²) in [5.74, 6) is -11.4. The first-order valence-electron chi connectivity index (χ1n) is 9.19. The van der Waals surface area contributed by atoms with Crippen molar-refractivity contribution in [3.05, 3.63) is 48.6 Å². The molecule has 0 aliphatic carbocycles. The molecular weight excluding hydrogens is 496 g/mol. The molecule has 0 spiro atoms. The van der Waals surface area contributed by atoms with Crippen molar-refractivity contribution >= 4 is 47.8 Å². The Labute approximate surface area is 200 Å².